The van der Waals surface area contributed by atoms with Crippen molar-refractivity contribution >= 4 is 23.5 Å². The molecule has 3 N–H and O–H groups in total. The molecule has 0 bridgehead atoms. The molecule has 8 nitrogen and oxygen atoms in total. The smallest absolute Gasteiger partial charge is 0.307 e. The molecular formula is C16H18N4O4. The van der Waals surface area contributed by atoms with E-state index in [0.717, 1.165) is 5.69 Å². The van der Waals surface area contributed by atoms with Crippen LogP contribution in [0.4, 0.5) is 5.69 Å². The Balaban J connectivity index is 1.89. The molecule has 0 aliphatic carbocycles. The number of amides is 2. The number of H-pyrrole nitrogens is 1. The topological polar surface area (TPSA) is 113 Å². The summed E-state index contributed by atoms with van der Waals surface area (Å²) in [5.74, 6) is -1.03. The molecule has 0 fully saturated rings. The molecule has 0 radical (unpaired) electrons. The van der Waals surface area contributed by atoms with Crippen LogP contribution in [-0.4, -0.2) is 41.6 Å². The van der Waals surface area contributed by atoms with Crippen molar-refractivity contribution in [2.24, 2.45) is 0 Å². The van der Waals surface area contributed by atoms with Crippen LogP contribution in [0.15, 0.2) is 30.3 Å². The summed E-state index contributed by atoms with van der Waals surface area (Å²) in [6, 6.07) is 8.04. The minimum atomic E-state index is -0.387. The number of hydrogen-bond acceptors (Lipinski definition) is 5. The van der Waals surface area contributed by atoms with E-state index in [4.69, 9.17) is 0 Å². The first-order chi connectivity index (χ1) is 11.5. The number of hydrogen-bond donors (Lipinski definition) is 3. The lowest BCUT2D eigenvalue weighted by atomic mass is 10.2. The number of aryl methyl sites for hydroxylation is 1. The van der Waals surface area contributed by atoms with E-state index in [9.17, 15) is 14.4 Å². The maximum Gasteiger partial charge on any atom is 0.307 e. The van der Waals surface area contributed by atoms with E-state index < -0.39 is 0 Å². The second-order valence-electron chi connectivity index (χ2n) is 5.05. The zero-order valence-electron chi connectivity index (χ0n) is 13.4. The van der Waals surface area contributed by atoms with Gasteiger partial charge in [-0.25, -0.2) is 0 Å². The fourth-order valence-corrected chi connectivity index (χ4v) is 1.92. The molecule has 0 aliphatic rings. The van der Waals surface area contributed by atoms with E-state index in [2.05, 4.69) is 25.6 Å². The number of aromatic amines is 1. The minimum absolute atomic E-state index is 0.111. The third-order valence-electron chi connectivity index (χ3n) is 3.19. The van der Waals surface area contributed by atoms with Crippen LogP contribution in [-0.2, 0) is 9.53 Å². The molecule has 126 valence electrons. The fraction of sp³-hybridized carbons (Fsp3) is 0.250. The number of esters is 1. The Kier molecular flexibility index (Phi) is 5.67. The summed E-state index contributed by atoms with van der Waals surface area (Å²) < 4.78 is 4.49. The van der Waals surface area contributed by atoms with Gasteiger partial charge in [0.05, 0.1) is 13.5 Å². The zero-order chi connectivity index (χ0) is 17.5. The molecule has 1 aromatic heterocycles. The predicted octanol–water partition coefficient (Wildman–Crippen LogP) is 1.26. The normalized spacial score (nSPS) is 10.1. The quantitative estimate of drug-likeness (QED) is 0.690. The van der Waals surface area contributed by atoms with Crippen LogP contribution in [0.3, 0.4) is 0 Å². The van der Waals surface area contributed by atoms with E-state index >= 15 is 0 Å². The predicted molar refractivity (Wildman–Crippen MR) is 86.7 cm³/mol. The van der Waals surface area contributed by atoms with Gasteiger partial charge in [-0.1, -0.05) is 0 Å². The van der Waals surface area contributed by atoms with E-state index in [0.29, 0.717) is 11.3 Å². The van der Waals surface area contributed by atoms with Crippen molar-refractivity contribution in [2.75, 3.05) is 19.0 Å². The highest BCUT2D eigenvalue weighted by Gasteiger charge is 2.11. The molecule has 0 atom stereocenters. The highest BCUT2D eigenvalue weighted by atomic mass is 16.5. The summed E-state index contributed by atoms with van der Waals surface area (Å²) in [7, 11) is 1.29. The van der Waals surface area contributed by atoms with Gasteiger partial charge >= 0.3 is 5.97 Å². The van der Waals surface area contributed by atoms with Gasteiger partial charge in [-0.2, -0.15) is 5.10 Å². The molecule has 0 aliphatic heterocycles. The molecule has 2 rings (SSSR count). The van der Waals surface area contributed by atoms with Gasteiger partial charge in [0.1, 0.15) is 0 Å². The van der Waals surface area contributed by atoms with Crippen molar-refractivity contribution in [1.29, 1.82) is 0 Å². The summed E-state index contributed by atoms with van der Waals surface area (Å²) in [6.45, 7) is 2.00. The minimum Gasteiger partial charge on any atom is -0.469 e. The SMILES string of the molecule is COC(=O)CCNC(=O)c1ccc(NC(=O)c2cc(C)[nH]n2)cc1. The molecule has 0 unspecified atom stereocenters. The highest BCUT2D eigenvalue weighted by molar-refractivity contribution is 6.03. The Bertz CT molecular complexity index is 737. The average molecular weight is 330 g/mol. The molecule has 1 heterocycles. The van der Waals surface area contributed by atoms with Crippen LogP contribution in [0.2, 0.25) is 0 Å². The van der Waals surface area contributed by atoms with Gasteiger partial charge in [0.25, 0.3) is 11.8 Å². The highest BCUT2D eigenvalue weighted by Crippen LogP contribution is 2.11. The number of nitrogens with zero attached hydrogens (tertiary/aromatic N) is 1. The van der Waals surface area contributed by atoms with Gasteiger partial charge in [-0.15, -0.1) is 0 Å². The summed E-state index contributed by atoms with van der Waals surface area (Å²) in [6.07, 6.45) is 0.111. The second-order valence-corrected chi connectivity index (χ2v) is 5.05. The van der Waals surface area contributed by atoms with Crippen molar-refractivity contribution in [1.82, 2.24) is 15.5 Å². The number of nitrogens with one attached hydrogen (secondary N) is 3. The van der Waals surface area contributed by atoms with Gasteiger partial charge < -0.3 is 15.4 Å². The summed E-state index contributed by atoms with van der Waals surface area (Å²) in [4.78, 5) is 34.8. The first-order valence-corrected chi connectivity index (χ1v) is 7.28. The Morgan fingerprint density at radius 3 is 2.46 bits per heavy atom. The molecule has 8 heteroatoms. The van der Waals surface area contributed by atoms with Gasteiger partial charge in [0.2, 0.25) is 0 Å². The maximum atomic E-state index is 12.0. The first kappa shape index (κ1) is 17.2. The lowest BCUT2D eigenvalue weighted by Crippen LogP contribution is -2.26. The molecule has 2 aromatic rings. The molecule has 24 heavy (non-hydrogen) atoms. The van der Waals surface area contributed by atoms with E-state index in [1.54, 1.807) is 37.3 Å². The summed E-state index contributed by atoms with van der Waals surface area (Å²) in [5.41, 5.74) is 2.05. The number of rotatable bonds is 6. The lowest BCUT2D eigenvalue weighted by Gasteiger charge is -2.06. The Labute approximate surface area is 138 Å². The Morgan fingerprint density at radius 1 is 1.17 bits per heavy atom. The molecule has 1 aromatic carbocycles. The van der Waals surface area contributed by atoms with Crippen molar-refractivity contribution in [3.05, 3.63) is 47.3 Å². The van der Waals surface area contributed by atoms with Crippen molar-refractivity contribution < 1.29 is 19.1 Å². The van der Waals surface area contributed by atoms with Crippen LogP contribution >= 0.6 is 0 Å². The monoisotopic (exact) mass is 330 g/mol. The van der Waals surface area contributed by atoms with E-state index in [1.807, 2.05) is 0 Å². The van der Waals surface area contributed by atoms with Gasteiger partial charge in [0, 0.05) is 23.5 Å². The lowest BCUT2D eigenvalue weighted by molar-refractivity contribution is -0.140. The first-order valence-electron chi connectivity index (χ1n) is 7.28. The fourth-order valence-electron chi connectivity index (χ4n) is 1.92. The largest absolute Gasteiger partial charge is 0.469 e. The molecule has 0 saturated heterocycles. The summed E-state index contributed by atoms with van der Waals surface area (Å²) in [5, 5.41) is 11.9. The van der Waals surface area contributed by atoms with Gasteiger partial charge in [-0.05, 0) is 37.3 Å². The maximum absolute atomic E-state index is 12.0. The third kappa shape index (κ3) is 4.67. The van der Waals surface area contributed by atoms with Gasteiger partial charge in [0.15, 0.2) is 5.69 Å². The third-order valence-corrected chi connectivity index (χ3v) is 3.19. The number of benzene rings is 1. The molecular weight excluding hydrogens is 312 g/mol. The van der Waals surface area contributed by atoms with Crippen molar-refractivity contribution in [3.63, 3.8) is 0 Å². The average Bonchev–Trinajstić information content (AvgIpc) is 3.01. The van der Waals surface area contributed by atoms with Crippen LogP contribution in [0.25, 0.3) is 0 Å². The number of anilines is 1. The van der Waals surface area contributed by atoms with Gasteiger partial charge in [-0.3, -0.25) is 19.5 Å². The van der Waals surface area contributed by atoms with Crippen LogP contribution < -0.4 is 10.6 Å². The number of ether oxygens (including phenoxy) is 1. The Morgan fingerprint density at radius 2 is 1.88 bits per heavy atom. The molecule has 0 saturated carbocycles. The van der Waals surface area contributed by atoms with E-state index in [1.165, 1.54) is 7.11 Å². The Hall–Kier alpha value is -3.16. The van der Waals surface area contributed by atoms with E-state index in [-0.39, 0.29) is 36.4 Å². The zero-order valence-corrected chi connectivity index (χ0v) is 13.4. The number of carbonyl (C=O) groups is 3. The standard InChI is InChI=1S/C16H18N4O4/c1-10-9-13(20-19-10)16(23)18-12-5-3-11(4-6-12)15(22)17-8-7-14(21)24-2/h3-6,9H,7-8H2,1-2H3,(H,17,22)(H,18,23)(H,19,20). The number of methoxy groups -OCH3 is 1. The van der Waals surface area contributed by atoms with Crippen molar-refractivity contribution in [2.45, 2.75) is 13.3 Å². The number of carbonyl (C=O) groups excluding carboxylic acids is 3. The van der Waals surface area contributed by atoms with Crippen LogP contribution in [0.5, 0.6) is 0 Å². The summed E-state index contributed by atoms with van der Waals surface area (Å²) >= 11 is 0. The van der Waals surface area contributed by atoms with Crippen molar-refractivity contribution in [3.8, 4) is 0 Å². The van der Waals surface area contributed by atoms with Crippen LogP contribution in [0, 0.1) is 6.92 Å². The second kappa shape index (κ2) is 7.91. The number of aromatic nitrogens is 2. The van der Waals surface area contributed by atoms with Crippen LogP contribution in [0.1, 0.15) is 33.0 Å². The molecule has 0 spiro atoms. The molecule has 2 amide bonds.